The smallest absolute Gasteiger partial charge is 0.274 e. The molecule has 2 amide bonds. The van der Waals surface area contributed by atoms with Crippen molar-refractivity contribution in [3.05, 3.63) is 111 Å². The SMILES string of the molecule is N#Cc1ccccc1N1C(=O)[C@H]2C3c4ccccc4C([N+](=O)[O-])(c4ccccc43)[C@H]2C1=O. The number of nitrogens with zero attached hydrogens (tertiary/aromatic N) is 3. The lowest BCUT2D eigenvalue weighted by atomic mass is 9.51. The van der Waals surface area contributed by atoms with E-state index in [0.717, 1.165) is 4.90 Å². The van der Waals surface area contributed by atoms with E-state index in [1.807, 2.05) is 18.2 Å². The van der Waals surface area contributed by atoms with Crippen molar-refractivity contribution in [1.29, 1.82) is 5.26 Å². The summed E-state index contributed by atoms with van der Waals surface area (Å²) >= 11 is 0. The van der Waals surface area contributed by atoms with E-state index in [0.29, 0.717) is 22.3 Å². The van der Waals surface area contributed by atoms with Crippen LogP contribution in [0.3, 0.4) is 0 Å². The molecule has 1 saturated heterocycles. The Morgan fingerprint density at radius 3 is 2.03 bits per heavy atom. The summed E-state index contributed by atoms with van der Waals surface area (Å²) in [5.74, 6) is -3.70. The quantitative estimate of drug-likeness (QED) is 0.359. The molecule has 0 unspecified atom stereocenters. The van der Waals surface area contributed by atoms with Crippen molar-refractivity contribution in [3.63, 3.8) is 0 Å². The molecule has 154 valence electrons. The van der Waals surface area contributed by atoms with E-state index >= 15 is 0 Å². The molecule has 3 aliphatic carbocycles. The first-order valence-electron chi connectivity index (χ1n) is 10.2. The number of nitro groups is 1. The number of carbonyl (C=O) groups is 2. The Morgan fingerprint density at radius 2 is 1.44 bits per heavy atom. The molecule has 0 saturated carbocycles. The van der Waals surface area contributed by atoms with Gasteiger partial charge in [0.15, 0.2) is 0 Å². The normalized spacial score (nSPS) is 26.8. The van der Waals surface area contributed by atoms with Gasteiger partial charge in [0.05, 0.1) is 17.2 Å². The van der Waals surface area contributed by atoms with E-state index < -0.39 is 40.0 Å². The van der Waals surface area contributed by atoms with Gasteiger partial charge in [-0.25, -0.2) is 4.90 Å². The summed E-state index contributed by atoms with van der Waals surface area (Å²) in [6, 6.07) is 22.4. The lowest BCUT2D eigenvalue weighted by molar-refractivity contribution is -0.578. The van der Waals surface area contributed by atoms with Crippen LogP contribution in [-0.2, 0) is 15.1 Å². The zero-order chi connectivity index (χ0) is 22.2. The van der Waals surface area contributed by atoms with Crippen LogP contribution in [-0.4, -0.2) is 16.7 Å². The fourth-order valence-electron chi connectivity index (χ4n) is 6.04. The van der Waals surface area contributed by atoms with Crippen molar-refractivity contribution in [2.45, 2.75) is 11.5 Å². The van der Waals surface area contributed by atoms with Crippen LogP contribution < -0.4 is 4.90 Å². The van der Waals surface area contributed by atoms with Crippen molar-refractivity contribution in [2.24, 2.45) is 11.8 Å². The van der Waals surface area contributed by atoms with Crippen LogP contribution in [0.5, 0.6) is 0 Å². The molecule has 0 aromatic heterocycles. The molecule has 2 atom stereocenters. The predicted octanol–water partition coefficient (Wildman–Crippen LogP) is 3.34. The van der Waals surface area contributed by atoms with E-state index in [2.05, 4.69) is 0 Å². The maximum Gasteiger partial charge on any atom is 0.285 e. The van der Waals surface area contributed by atoms with Crippen molar-refractivity contribution in [2.75, 3.05) is 4.90 Å². The number of hydrogen-bond donors (Lipinski definition) is 0. The first kappa shape index (κ1) is 18.5. The summed E-state index contributed by atoms with van der Waals surface area (Å²) < 4.78 is 0. The summed E-state index contributed by atoms with van der Waals surface area (Å²) in [5.41, 5.74) is 0.825. The summed E-state index contributed by atoms with van der Waals surface area (Å²) in [7, 11) is 0. The molecule has 0 radical (unpaired) electrons. The van der Waals surface area contributed by atoms with Gasteiger partial charge in [0.25, 0.3) is 5.54 Å². The molecule has 4 aliphatic rings. The molecule has 7 rings (SSSR count). The summed E-state index contributed by atoms with van der Waals surface area (Å²) in [6.45, 7) is 0. The molecule has 3 aromatic carbocycles. The second kappa shape index (κ2) is 6.11. The number of amides is 2. The number of nitriles is 1. The largest absolute Gasteiger partial charge is 0.285 e. The highest BCUT2D eigenvalue weighted by molar-refractivity contribution is 6.24. The molecule has 0 spiro atoms. The topological polar surface area (TPSA) is 104 Å². The predicted molar refractivity (Wildman–Crippen MR) is 113 cm³/mol. The van der Waals surface area contributed by atoms with E-state index in [4.69, 9.17) is 0 Å². The van der Waals surface area contributed by atoms with Crippen molar-refractivity contribution in [3.8, 4) is 6.07 Å². The Morgan fingerprint density at radius 1 is 0.875 bits per heavy atom. The number of para-hydroxylation sites is 1. The molecule has 7 heteroatoms. The van der Waals surface area contributed by atoms with Crippen LogP contribution in [0.1, 0.15) is 33.7 Å². The molecule has 32 heavy (non-hydrogen) atoms. The molecule has 0 N–H and O–H groups in total. The molecule has 1 aliphatic heterocycles. The van der Waals surface area contributed by atoms with Gasteiger partial charge in [0, 0.05) is 22.0 Å². The Labute approximate surface area is 182 Å². The van der Waals surface area contributed by atoms with Gasteiger partial charge in [-0.2, -0.15) is 5.26 Å². The monoisotopic (exact) mass is 421 g/mol. The minimum Gasteiger partial charge on any atom is -0.274 e. The highest BCUT2D eigenvalue weighted by Crippen LogP contribution is 2.64. The van der Waals surface area contributed by atoms with E-state index in [-0.39, 0.29) is 11.3 Å². The second-order valence-electron chi connectivity index (χ2n) is 8.32. The maximum atomic E-state index is 13.8. The second-order valence-corrected chi connectivity index (χ2v) is 8.32. The highest BCUT2D eigenvalue weighted by Gasteiger charge is 2.74. The highest BCUT2D eigenvalue weighted by atomic mass is 16.6. The Bertz CT molecular complexity index is 1360. The third-order valence-electron chi connectivity index (χ3n) is 7.13. The molecule has 2 bridgehead atoms. The zero-order valence-electron chi connectivity index (χ0n) is 16.6. The van der Waals surface area contributed by atoms with Crippen LogP contribution >= 0.6 is 0 Å². The van der Waals surface area contributed by atoms with Crippen LogP contribution in [0.25, 0.3) is 0 Å². The number of carbonyl (C=O) groups excluding carboxylic acids is 2. The summed E-state index contributed by atoms with van der Waals surface area (Å²) in [5, 5.41) is 22.4. The summed E-state index contributed by atoms with van der Waals surface area (Å²) in [4.78, 5) is 41.1. The Balaban J connectivity index is 1.69. The number of benzene rings is 3. The first-order valence-corrected chi connectivity index (χ1v) is 10.2. The van der Waals surface area contributed by atoms with Gasteiger partial charge in [-0.05, 0) is 23.3 Å². The lowest BCUT2D eigenvalue weighted by Gasteiger charge is -2.48. The van der Waals surface area contributed by atoms with E-state index in [1.165, 1.54) is 12.1 Å². The molecule has 1 heterocycles. The van der Waals surface area contributed by atoms with Gasteiger partial charge in [0.2, 0.25) is 11.8 Å². The van der Waals surface area contributed by atoms with Crippen LogP contribution in [0.15, 0.2) is 72.8 Å². The van der Waals surface area contributed by atoms with Crippen LogP contribution in [0.2, 0.25) is 0 Å². The van der Waals surface area contributed by atoms with E-state index in [1.54, 1.807) is 48.5 Å². The fraction of sp³-hybridized carbons (Fsp3) is 0.160. The van der Waals surface area contributed by atoms with Crippen LogP contribution in [0.4, 0.5) is 5.69 Å². The number of imide groups is 1. The standard InChI is InChI=1S/C25H15N3O4/c26-13-14-7-1-6-12-19(14)27-23(29)21-20-15-8-2-4-10-17(15)25(28(31)32,22(21)24(27)30)18-11-5-3-9-16(18)20/h1-12,20-22H/t20?,21-,22+,25?/m0/s1. The minimum atomic E-state index is -1.87. The van der Waals surface area contributed by atoms with Crippen molar-refractivity contribution in [1.82, 2.24) is 0 Å². The van der Waals surface area contributed by atoms with Gasteiger partial charge in [-0.3, -0.25) is 19.7 Å². The van der Waals surface area contributed by atoms with Gasteiger partial charge >= 0.3 is 0 Å². The van der Waals surface area contributed by atoms with Crippen LogP contribution in [0, 0.1) is 33.3 Å². The van der Waals surface area contributed by atoms with Crippen molar-refractivity contribution >= 4 is 17.5 Å². The van der Waals surface area contributed by atoms with Gasteiger partial charge < -0.3 is 0 Å². The molecule has 1 fully saturated rings. The molecule has 7 nitrogen and oxygen atoms in total. The maximum absolute atomic E-state index is 13.8. The number of rotatable bonds is 2. The first-order chi connectivity index (χ1) is 15.5. The average molecular weight is 421 g/mol. The molecular formula is C25H15N3O4. The van der Waals surface area contributed by atoms with E-state index in [9.17, 15) is 25.0 Å². The van der Waals surface area contributed by atoms with Gasteiger partial charge in [0.1, 0.15) is 12.0 Å². The third-order valence-corrected chi connectivity index (χ3v) is 7.13. The summed E-state index contributed by atoms with van der Waals surface area (Å²) in [6.07, 6.45) is 0. The minimum absolute atomic E-state index is 0.172. The molecular weight excluding hydrogens is 406 g/mol. The number of hydrogen-bond acceptors (Lipinski definition) is 5. The van der Waals surface area contributed by atoms with Crippen molar-refractivity contribution < 1.29 is 14.5 Å². The lowest BCUT2D eigenvalue weighted by Crippen LogP contribution is -2.57. The Kier molecular flexibility index (Phi) is 3.52. The number of anilines is 1. The van der Waals surface area contributed by atoms with Gasteiger partial charge in [-0.15, -0.1) is 0 Å². The van der Waals surface area contributed by atoms with Gasteiger partial charge in [-0.1, -0.05) is 60.7 Å². The third kappa shape index (κ3) is 1.90. The molecule has 3 aromatic rings. The average Bonchev–Trinajstić information content (AvgIpc) is 3.09. The fourth-order valence-corrected chi connectivity index (χ4v) is 6.04. The zero-order valence-corrected chi connectivity index (χ0v) is 16.6. The Hall–Kier alpha value is -4.31.